The van der Waals surface area contributed by atoms with Gasteiger partial charge >= 0.3 is 0 Å². The maximum absolute atomic E-state index is 8.36. The van der Waals surface area contributed by atoms with Crippen LogP contribution < -0.4 is 0 Å². The van der Waals surface area contributed by atoms with Crippen molar-refractivity contribution in [3.05, 3.63) is 24.8 Å². The molecular formula is C6H8N2O4. The standard InChI is InChI=1S/C4H4N2.2CH2O2/c1-2-5-4-6-3-1;2*2-1-3/h1-4H;2*1H,(H,2,3). The smallest absolute Gasteiger partial charge is 0.290 e. The molecule has 0 radical (unpaired) electrons. The second kappa shape index (κ2) is 16.0. The van der Waals surface area contributed by atoms with Crippen molar-refractivity contribution in [3.63, 3.8) is 0 Å². The minimum Gasteiger partial charge on any atom is -0.483 e. The van der Waals surface area contributed by atoms with E-state index in [-0.39, 0.29) is 12.9 Å². The second-order valence-corrected chi connectivity index (χ2v) is 1.12. The van der Waals surface area contributed by atoms with Crippen molar-refractivity contribution >= 4 is 12.9 Å². The molecule has 0 aliphatic heterocycles. The van der Waals surface area contributed by atoms with Crippen LogP contribution in [-0.2, 0) is 9.59 Å². The third-order valence-electron chi connectivity index (χ3n) is 0.478. The summed E-state index contributed by atoms with van der Waals surface area (Å²) in [6.07, 6.45) is 4.88. The Labute approximate surface area is 68.5 Å². The van der Waals surface area contributed by atoms with E-state index in [1.54, 1.807) is 18.5 Å². The molecule has 0 spiro atoms. The van der Waals surface area contributed by atoms with Gasteiger partial charge in [-0.3, -0.25) is 9.59 Å². The van der Waals surface area contributed by atoms with Crippen molar-refractivity contribution in [2.45, 2.75) is 0 Å². The van der Waals surface area contributed by atoms with Crippen LogP contribution >= 0.6 is 0 Å². The van der Waals surface area contributed by atoms with E-state index in [2.05, 4.69) is 9.97 Å². The molecule has 0 aliphatic rings. The monoisotopic (exact) mass is 172 g/mol. The van der Waals surface area contributed by atoms with Crippen LogP contribution in [0.5, 0.6) is 0 Å². The predicted molar refractivity (Wildman–Crippen MR) is 39.4 cm³/mol. The Hall–Kier alpha value is -1.98. The number of carbonyl (C=O) groups is 2. The predicted octanol–water partition coefficient (Wildman–Crippen LogP) is -0.122. The highest BCUT2D eigenvalue weighted by Gasteiger charge is 1.59. The van der Waals surface area contributed by atoms with Gasteiger partial charge in [0.05, 0.1) is 0 Å². The molecule has 1 aromatic heterocycles. The fourth-order valence-corrected chi connectivity index (χ4v) is 0.253. The molecule has 6 heteroatoms. The summed E-state index contributed by atoms with van der Waals surface area (Å²) in [5, 5.41) is 13.8. The average molecular weight is 172 g/mol. The molecule has 0 amide bonds. The van der Waals surface area contributed by atoms with Crippen LogP contribution in [0.3, 0.4) is 0 Å². The molecule has 12 heavy (non-hydrogen) atoms. The molecule has 0 saturated carbocycles. The van der Waals surface area contributed by atoms with Crippen LogP contribution in [0.2, 0.25) is 0 Å². The molecule has 0 atom stereocenters. The molecule has 0 fully saturated rings. The lowest BCUT2D eigenvalue weighted by Gasteiger charge is -1.70. The molecule has 1 rings (SSSR count). The number of carboxylic acid groups (broad SMARTS) is 2. The minimum atomic E-state index is -0.250. The Morgan fingerprint density at radius 2 is 1.33 bits per heavy atom. The second-order valence-electron chi connectivity index (χ2n) is 1.12. The topological polar surface area (TPSA) is 100 Å². The van der Waals surface area contributed by atoms with E-state index in [0.717, 1.165) is 0 Å². The van der Waals surface area contributed by atoms with E-state index in [0.29, 0.717) is 0 Å². The van der Waals surface area contributed by atoms with E-state index in [1.165, 1.54) is 6.33 Å². The van der Waals surface area contributed by atoms with Crippen LogP contribution in [-0.4, -0.2) is 33.1 Å². The fourth-order valence-electron chi connectivity index (χ4n) is 0.253. The third kappa shape index (κ3) is 24.5. The van der Waals surface area contributed by atoms with Crippen LogP contribution in [0.15, 0.2) is 24.8 Å². The maximum Gasteiger partial charge on any atom is 0.290 e. The number of hydrogen-bond acceptors (Lipinski definition) is 4. The lowest BCUT2D eigenvalue weighted by atomic mass is 10.7. The summed E-state index contributed by atoms with van der Waals surface area (Å²) < 4.78 is 0. The molecule has 1 heterocycles. The highest BCUT2D eigenvalue weighted by atomic mass is 16.3. The van der Waals surface area contributed by atoms with E-state index in [9.17, 15) is 0 Å². The number of aromatic nitrogens is 2. The van der Waals surface area contributed by atoms with Gasteiger partial charge in [0.25, 0.3) is 12.9 Å². The maximum atomic E-state index is 8.36. The van der Waals surface area contributed by atoms with Gasteiger partial charge in [-0.1, -0.05) is 0 Å². The molecule has 1 aromatic rings. The molecule has 2 N–H and O–H groups in total. The third-order valence-corrected chi connectivity index (χ3v) is 0.478. The Morgan fingerprint density at radius 3 is 1.42 bits per heavy atom. The quantitative estimate of drug-likeness (QED) is 0.529. The van der Waals surface area contributed by atoms with Gasteiger partial charge in [-0.2, -0.15) is 0 Å². The lowest BCUT2D eigenvalue weighted by molar-refractivity contribution is -0.123. The average Bonchev–Trinajstić information content (AvgIpc) is 2.10. The summed E-state index contributed by atoms with van der Waals surface area (Å²) >= 11 is 0. The first kappa shape index (κ1) is 12.7. The lowest BCUT2D eigenvalue weighted by Crippen LogP contribution is -1.66. The van der Waals surface area contributed by atoms with Gasteiger partial charge in [-0.15, -0.1) is 0 Å². The van der Waals surface area contributed by atoms with Crippen molar-refractivity contribution in [2.24, 2.45) is 0 Å². The number of rotatable bonds is 0. The Morgan fingerprint density at radius 1 is 1.00 bits per heavy atom. The van der Waals surface area contributed by atoms with Gasteiger partial charge in [-0.25, -0.2) is 9.97 Å². The molecule has 0 unspecified atom stereocenters. The molecule has 66 valence electrons. The largest absolute Gasteiger partial charge is 0.483 e. The first-order chi connectivity index (χ1) is 5.83. The molecule has 0 saturated heterocycles. The summed E-state index contributed by atoms with van der Waals surface area (Å²) in [6.45, 7) is -0.500. The Balaban J connectivity index is 0. The van der Waals surface area contributed by atoms with Gasteiger partial charge in [0, 0.05) is 12.4 Å². The number of hydrogen-bond donors (Lipinski definition) is 2. The SMILES string of the molecule is O=CO.O=CO.c1cncnc1. The minimum absolute atomic E-state index is 0.250. The van der Waals surface area contributed by atoms with E-state index < -0.39 is 0 Å². The zero-order valence-corrected chi connectivity index (χ0v) is 6.07. The summed E-state index contributed by atoms with van der Waals surface area (Å²) in [6, 6.07) is 1.78. The van der Waals surface area contributed by atoms with Crippen molar-refractivity contribution in [1.29, 1.82) is 0 Å². The highest BCUT2D eigenvalue weighted by Crippen LogP contribution is 1.66. The first-order valence-electron chi connectivity index (χ1n) is 2.69. The first-order valence-corrected chi connectivity index (χ1v) is 2.69. The van der Waals surface area contributed by atoms with Gasteiger partial charge in [0.1, 0.15) is 6.33 Å². The normalized spacial score (nSPS) is 6.00. The summed E-state index contributed by atoms with van der Waals surface area (Å²) in [5.74, 6) is 0. The van der Waals surface area contributed by atoms with Crippen molar-refractivity contribution in [1.82, 2.24) is 9.97 Å². The highest BCUT2D eigenvalue weighted by molar-refractivity contribution is 5.32. The molecule has 6 nitrogen and oxygen atoms in total. The summed E-state index contributed by atoms with van der Waals surface area (Å²) in [4.78, 5) is 24.1. The van der Waals surface area contributed by atoms with Crippen molar-refractivity contribution in [2.75, 3.05) is 0 Å². The van der Waals surface area contributed by atoms with Crippen molar-refractivity contribution in [3.8, 4) is 0 Å². The molecule has 0 aliphatic carbocycles. The number of nitrogens with zero attached hydrogens (tertiary/aromatic N) is 2. The van der Waals surface area contributed by atoms with Crippen LogP contribution in [0.25, 0.3) is 0 Å². The Kier molecular flexibility index (Phi) is 16.9. The van der Waals surface area contributed by atoms with Crippen LogP contribution in [0.1, 0.15) is 0 Å². The molecular weight excluding hydrogens is 164 g/mol. The van der Waals surface area contributed by atoms with E-state index in [4.69, 9.17) is 19.8 Å². The zero-order chi connectivity index (χ0) is 9.66. The Bertz CT molecular complexity index is 147. The summed E-state index contributed by atoms with van der Waals surface area (Å²) in [7, 11) is 0. The van der Waals surface area contributed by atoms with Crippen LogP contribution in [0, 0.1) is 0 Å². The van der Waals surface area contributed by atoms with E-state index in [1.807, 2.05) is 0 Å². The van der Waals surface area contributed by atoms with Gasteiger partial charge in [-0.05, 0) is 6.07 Å². The van der Waals surface area contributed by atoms with E-state index >= 15 is 0 Å². The van der Waals surface area contributed by atoms with Gasteiger partial charge in [0.15, 0.2) is 0 Å². The van der Waals surface area contributed by atoms with Crippen molar-refractivity contribution < 1.29 is 19.8 Å². The summed E-state index contributed by atoms with van der Waals surface area (Å²) in [5.41, 5.74) is 0. The fraction of sp³-hybridized carbons (Fsp3) is 0. The molecule has 0 bridgehead atoms. The van der Waals surface area contributed by atoms with Gasteiger partial charge in [0.2, 0.25) is 0 Å². The molecule has 0 aromatic carbocycles. The van der Waals surface area contributed by atoms with Gasteiger partial charge < -0.3 is 10.2 Å². The zero-order valence-electron chi connectivity index (χ0n) is 6.07. The van der Waals surface area contributed by atoms with Crippen LogP contribution in [0.4, 0.5) is 0 Å².